The molecular weight excluding hydrogens is 218 g/mol. The zero-order valence-electron chi connectivity index (χ0n) is 10.8. The number of unbranched alkanes of at least 4 members (excludes halogenated alkanes) is 2. The Morgan fingerprint density at radius 3 is 2.65 bits per heavy atom. The first kappa shape index (κ1) is 14.0. The number of rotatable bonds is 5. The zero-order chi connectivity index (χ0) is 12.8. The van der Waals surface area contributed by atoms with E-state index >= 15 is 0 Å². The number of hydrogen-bond donors (Lipinski definition) is 1. The Bertz CT molecular complexity index is 278. The van der Waals surface area contributed by atoms with Crippen LogP contribution in [0.5, 0.6) is 0 Å². The molecular formula is C13H23NO3. The lowest BCUT2D eigenvalue weighted by Gasteiger charge is -2.36. The Hall–Kier alpha value is -1.06. The second-order valence-corrected chi connectivity index (χ2v) is 5.03. The molecule has 0 radical (unpaired) electrons. The number of nitrogens with zero attached hydrogens (tertiary/aromatic N) is 1. The summed E-state index contributed by atoms with van der Waals surface area (Å²) in [6, 6.07) is -0.604. The fraction of sp³-hybridized carbons (Fsp3) is 0.846. The Labute approximate surface area is 103 Å². The van der Waals surface area contributed by atoms with E-state index in [4.69, 9.17) is 5.11 Å². The first-order valence-electron chi connectivity index (χ1n) is 6.58. The highest BCUT2D eigenvalue weighted by Crippen LogP contribution is 2.23. The van der Waals surface area contributed by atoms with Crippen molar-refractivity contribution in [2.24, 2.45) is 5.92 Å². The van der Waals surface area contributed by atoms with E-state index < -0.39 is 12.0 Å². The van der Waals surface area contributed by atoms with Gasteiger partial charge in [0.1, 0.15) is 6.04 Å². The van der Waals surface area contributed by atoms with Crippen molar-refractivity contribution in [3.8, 4) is 0 Å². The van der Waals surface area contributed by atoms with Gasteiger partial charge in [0.05, 0.1) is 0 Å². The quantitative estimate of drug-likeness (QED) is 0.751. The summed E-state index contributed by atoms with van der Waals surface area (Å²) in [5.74, 6) is -0.450. The molecule has 0 aromatic heterocycles. The minimum absolute atomic E-state index is 0.0118. The molecule has 4 nitrogen and oxygen atoms in total. The molecule has 1 fully saturated rings. The molecule has 0 saturated carbocycles. The third-order valence-electron chi connectivity index (χ3n) is 3.46. The van der Waals surface area contributed by atoms with Crippen molar-refractivity contribution < 1.29 is 14.7 Å². The maximum absolute atomic E-state index is 12.0. The van der Waals surface area contributed by atoms with Gasteiger partial charge in [0.15, 0.2) is 0 Å². The van der Waals surface area contributed by atoms with Crippen molar-refractivity contribution in [2.45, 2.75) is 58.4 Å². The van der Waals surface area contributed by atoms with Crippen molar-refractivity contribution in [2.75, 3.05) is 6.54 Å². The topological polar surface area (TPSA) is 57.6 Å². The van der Waals surface area contributed by atoms with Gasteiger partial charge in [-0.2, -0.15) is 0 Å². The lowest BCUT2D eigenvalue weighted by atomic mass is 9.92. The van der Waals surface area contributed by atoms with Crippen molar-refractivity contribution >= 4 is 11.9 Å². The number of carbonyl (C=O) groups excluding carboxylic acids is 1. The van der Waals surface area contributed by atoms with Crippen LogP contribution in [0, 0.1) is 5.92 Å². The van der Waals surface area contributed by atoms with Crippen LogP contribution in [0.4, 0.5) is 0 Å². The highest BCUT2D eigenvalue weighted by Gasteiger charge is 2.34. The molecule has 0 aromatic carbocycles. The van der Waals surface area contributed by atoms with Gasteiger partial charge in [0.25, 0.3) is 0 Å². The molecule has 2 unspecified atom stereocenters. The van der Waals surface area contributed by atoms with Gasteiger partial charge in [-0.25, -0.2) is 4.79 Å². The van der Waals surface area contributed by atoms with Crippen molar-refractivity contribution in [1.82, 2.24) is 4.90 Å². The predicted octanol–water partition coefficient (Wildman–Crippen LogP) is 2.28. The van der Waals surface area contributed by atoms with E-state index in [9.17, 15) is 9.59 Å². The number of likely N-dealkylation sites (tertiary alicyclic amines) is 1. The fourth-order valence-corrected chi connectivity index (χ4v) is 2.34. The van der Waals surface area contributed by atoms with Crippen LogP contribution in [0.2, 0.25) is 0 Å². The number of hydrogen-bond acceptors (Lipinski definition) is 2. The monoisotopic (exact) mass is 241 g/mol. The van der Waals surface area contributed by atoms with E-state index in [-0.39, 0.29) is 5.91 Å². The largest absolute Gasteiger partial charge is 0.480 e. The second-order valence-electron chi connectivity index (χ2n) is 5.03. The minimum Gasteiger partial charge on any atom is -0.480 e. The summed E-state index contributed by atoms with van der Waals surface area (Å²) < 4.78 is 0. The number of carbonyl (C=O) groups is 2. The molecule has 1 saturated heterocycles. The van der Waals surface area contributed by atoms with Gasteiger partial charge in [-0.05, 0) is 25.2 Å². The van der Waals surface area contributed by atoms with Crippen LogP contribution in [-0.2, 0) is 9.59 Å². The average molecular weight is 241 g/mol. The van der Waals surface area contributed by atoms with Gasteiger partial charge in [-0.3, -0.25) is 4.79 Å². The van der Waals surface area contributed by atoms with Gasteiger partial charge < -0.3 is 10.0 Å². The molecule has 1 heterocycles. The summed E-state index contributed by atoms with van der Waals surface area (Å²) in [7, 11) is 0. The maximum Gasteiger partial charge on any atom is 0.326 e. The van der Waals surface area contributed by atoms with Gasteiger partial charge in [-0.15, -0.1) is 0 Å². The molecule has 1 rings (SSSR count). The first-order valence-corrected chi connectivity index (χ1v) is 6.58. The van der Waals surface area contributed by atoms with Crippen LogP contribution in [0.3, 0.4) is 0 Å². The third kappa shape index (κ3) is 4.02. The van der Waals surface area contributed by atoms with Gasteiger partial charge in [-0.1, -0.05) is 26.7 Å². The first-order chi connectivity index (χ1) is 8.06. The van der Waals surface area contributed by atoms with Crippen molar-refractivity contribution in [1.29, 1.82) is 0 Å². The molecule has 4 heteroatoms. The molecule has 0 aliphatic carbocycles. The number of piperidine rings is 1. The smallest absolute Gasteiger partial charge is 0.326 e. The van der Waals surface area contributed by atoms with Crippen LogP contribution < -0.4 is 0 Å². The van der Waals surface area contributed by atoms with Crippen LogP contribution in [0.15, 0.2) is 0 Å². The molecule has 0 aromatic rings. The summed E-state index contributed by atoms with van der Waals surface area (Å²) >= 11 is 0. The predicted molar refractivity (Wildman–Crippen MR) is 65.7 cm³/mol. The maximum atomic E-state index is 12.0. The van der Waals surface area contributed by atoms with E-state index in [2.05, 4.69) is 13.8 Å². The third-order valence-corrected chi connectivity index (χ3v) is 3.46. The van der Waals surface area contributed by atoms with E-state index in [1.807, 2.05) is 0 Å². The highest BCUT2D eigenvalue weighted by atomic mass is 16.4. The van der Waals surface area contributed by atoms with Crippen molar-refractivity contribution in [3.05, 3.63) is 0 Å². The Kier molecular flexibility index (Phi) is 5.45. The van der Waals surface area contributed by atoms with E-state index in [1.165, 1.54) is 0 Å². The van der Waals surface area contributed by atoms with Gasteiger partial charge in [0, 0.05) is 13.0 Å². The van der Waals surface area contributed by atoms with E-state index in [1.54, 1.807) is 4.90 Å². The number of carboxylic acid groups (broad SMARTS) is 1. The summed E-state index contributed by atoms with van der Waals surface area (Å²) in [6.45, 7) is 4.74. The SMILES string of the molecule is CCCCCC(=O)N1CCC(C)CC1C(=O)O. The van der Waals surface area contributed by atoms with Gasteiger partial charge in [0.2, 0.25) is 5.91 Å². The zero-order valence-corrected chi connectivity index (χ0v) is 10.8. The summed E-state index contributed by atoms with van der Waals surface area (Å²) in [5.41, 5.74) is 0. The number of carboxylic acids is 1. The normalized spacial score (nSPS) is 24.7. The summed E-state index contributed by atoms with van der Waals surface area (Å²) in [6.07, 6.45) is 4.98. The highest BCUT2D eigenvalue weighted by molar-refractivity contribution is 5.83. The molecule has 1 aliphatic heterocycles. The molecule has 1 aliphatic rings. The van der Waals surface area contributed by atoms with E-state index in [0.29, 0.717) is 25.3 Å². The lowest BCUT2D eigenvalue weighted by Crippen LogP contribution is -2.49. The minimum atomic E-state index is -0.861. The second kappa shape index (κ2) is 6.62. The lowest BCUT2D eigenvalue weighted by molar-refractivity contribution is -0.153. The Morgan fingerprint density at radius 2 is 2.06 bits per heavy atom. The van der Waals surface area contributed by atoms with Crippen LogP contribution in [-0.4, -0.2) is 34.5 Å². The fourth-order valence-electron chi connectivity index (χ4n) is 2.34. The standard InChI is InChI=1S/C13H23NO3/c1-3-4-5-6-12(15)14-8-7-10(2)9-11(14)13(16)17/h10-11H,3-9H2,1-2H3,(H,16,17). The molecule has 17 heavy (non-hydrogen) atoms. The summed E-state index contributed by atoms with van der Waals surface area (Å²) in [5, 5.41) is 9.15. The molecule has 98 valence electrons. The Balaban J connectivity index is 2.54. The van der Waals surface area contributed by atoms with E-state index in [0.717, 1.165) is 25.7 Å². The number of amides is 1. The van der Waals surface area contributed by atoms with Gasteiger partial charge >= 0.3 is 5.97 Å². The van der Waals surface area contributed by atoms with Crippen LogP contribution in [0.1, 0.15) is 52.4 Å². The van der Waals surface area contributed by atoms with Crippen LogP contribution >= 0.6 is 0 Å². The molecule has 1 amide bonds. The Morgan fingerprint density at radius 1 is 1.35 bits per heavy atom. The molecule has 2 atom stereocenters. The average Bonchev–Trinajstić information content (AvgIpc) is 2.29. The number of aliphatic carboxylic acids is 1. The summed E-state index contributed by atoms with van der Waals surface area (Å²) in [4.78, 5) is 24.7. The molecule has 1 N–H and O–H groups in total. The van der Waals surface area contributed by atoms with Crippen molar-refractivity contribution in [3.63, 3.8) is 0 Å². The molecule has 0 spiro atoms. The van der Waals surface area contributed by atoms with Crippen LogP contribution in [0.25, 0.3) is 0 Å². The molecule has 0 bridgehead atoms.